The van der Waals surface area contributed by atoms with Gasteiger partial charge in [0, 0.05) is 12.2 Å². The van der Waals surface area contributed by atoms with Crippen molar-refractivity contribution in [1.29, 1.82) is 0 Å². The zero-order chi connectivity index (χ0) is 15.9. The maximum absolute atomic E-state index is 13.0. The summed E-state index contributed by atoms with van der Waals surface area (Å²) in [4.78, 5) is 23.9. The molecule has 0 atom stereocenters. The summed E-state index contributed by atoms with van der Waals surface area (Å²) in [6.07, 6.45) is 1.22. The van der Waals surface area contributed by atoms with Crippen LogP contribution in [0.1, 0.15) is 26.7 Å². The van der Waals surface area contributed by atoms with Crippen LogP contribution in [-0.4, -0.2) is 24.9 Å². The van der Waals surface area contributed by atoms with Crippen LogP contribution < -0.4 is 16.4 Å². The maximum atomic E-state index is 13.0. The highest BCUT2D eigenvalue weighted by molar-refractivity contribution is 5.95. The zero-order valence-corrected chi connectivity index (χ0v) is 13.6. The average Bonchev–Trinajstić information content (AvgIpc) is 2.47. The number of rotatable bonds is 7. The van der Waals surface area contributed by atoms with E-state index in [-0.39, 0.29) is 31.4 Å². The van der Waals surface area contributed by atoms with E-state index in [0.717, 1.165) is 0 Å². The third-order valence-corrected chi connectivity index (χ3v) is 3.74. The second kappa shape index (κ2) is 9.38. The molecule has 0 heterocycles. The number of hydrogen-bond donors (Lipinski definition) is 3. The summed E-state index contributed by atoms with van der Waals surface area (Å²) >= 11 is 0. The Kier molecular flexibility index (Phi) is 8.67. The third kappa shape index (κ3) is 5.27. The summed E-state index contributed by atoms with van der Waals surface area (Å²) in [5.41, 5.74) is 5.39. The average molecular weight is 332 g/mol. The van der Waals surface area contributed by atoms with Gasteiger partial charge in [-0.05, 0) is 31.0 Å². The summed E-state index contributed by atoms with van der Waals surface area (Å²) in [6.45, 7) is 3.85. The van der Waals surface area contributed by atoms with Gasteiger partial charge in [0.25, 0.3) is 0 Å². The minimum absolute atomic E-state index is 0. The molecule has 0 aromatic heterocycles. The molecule has 7 heteroatoms. The van der Waals surface area contributed by atoms with Gasteiger partial charge in [0.1, 0.15) is 5.82 Å². The molecule has 0 saturated heterocycles. The lowest BCUT2D eigenvalue weighted by Gasteiger charge is -2.28. The molecule has 0 unspecified atom stereocenters. The molecule has 0 saturated carbocycles. The fourth-order valence-electron chi connectivity index (χ4n) is 2.07. The first-order chi connectivity index (χ1) is 9.97. The standard InChI is InChI=1S/C15H22FN3O2.ClH/c1-3-15(4-2,10-17)14(21)18-9-13(20)19-12-7-5-6-11(16)8-12;/h5-8H,3-4,9-10,17H2,1-2H3,(H,18,21)(H,19,20);1H. The predicted molar refractivity (Wildman–Crippen MR) is 87.4 cm³/mol. The summed E-state index contributed by atoms with van der Waals surface area (Å²) < 4.78 is 13.0. The topological polar surface area (TPSA) is 84.2 Å². The minimum atomic E-state index is -0.640. The van der Waals surface area contributed by atoms with E-state index in [9.17, 15) is 14.0 Å². The quantitative estimate of drug-likeness (QED) is 0.715. The van der Waals surface area contributed by atoms with E-state index >= 15 is 0 Å². The minimum Gasteiger partial charge on any atom is -0.347 e. The molecular formula is C15H23ClFN3O2. The molecule has 22 heavy (non-hydrogen) atoms. The Labute approximate surface area is 136 Å². The second-order valence-corrected chi connectivity index (χ2v) is 4.93. The number of benzene rings is 1. The van der Waals surface area contributed by atoms with Crippen molar-refractivity contribution in [3.8, 4) is 0 Å². The van der Waals surface area contributed by atoms with Gasteiger partial charge in [0.15, 0.2) is 0 Å². The highest BCUT2D eigenvalue weighted by Gasteiger charge is 2.33. The van der Waals surface area contributed by atoms with Gasteiger partial charge in [-0.25, -0.2) is 4.39 Å². The number of carbonyl (C=O) groups is 2. The van der Waals surface area contributed by atoms with Gasteiger partial charge >= 0.3 is 0 Å². The summed E-state index contributed by atoms with van der Waals surface area (Å²) in [6, 6.07) is 5.57. The molecule has 124 valence electrons. The van der Waals surface area contributed by atoms with E-state index in [4.69, 9.17) is 5.73 Å². The summed E-state index contributed by atoms with van der Waals surface area (Å²) in [7, 11) is 0. The Morgan fingerprint density at radius 2 is 1.91 bits per heavy atom. The van der Waals surface area contributed by atoms with E-state index in [1.54, 1.807) is 6.07 Å². The molecule has 0 bridgehead atoms. The first kappa shape index (κ1) is 20.3. The van der Waals surface area contributed by atoms with Gasteiger partial charge in [0.05, 0.1) is 12.0 Å². The van der Waals surface area contributed by atoms with Crippen LogP contribution in [0.4, 0.5) is 10.1 Å². The number of anilines is 1. The van der Waals surface area contributed by atoms with Gasteiger partial charge < -0.3 is 16.4 Å². The lowest BCUT2D eigenvalue weighted by molar-refractivity contribution is -0.132. The number of nitrogens with two attached hydrogens (primary N) is 1. The molecule has 0 fully saturated rings. The normalized spacial score (nSPS) is 10.5. The Morgan fingerprint density at radius 3 is 2.41 bits per heavy atom. The highest BCUT2D eigenvalue weighted by Crippen LogP contribution is 2.24. The second-order valence-electron chi connectivity index (χ2n) is 4.93. The van der Waals surface area contributed by atoms with Crippen LogP contribution in [0.2, 0.25) is 0 Å². The van der Waals surface area contributed by atoms with Gasteiger partial charge in [-0.1, -0.05) is 19.9 Å². The van der Waals surface area contributed by atoms with Crippen LogP contribution in [0.25, 0.3) is 0 Å². The van der Waals surface area contributed by atoms with Gasteiger partial charge in [0.2, 0.25) is 11.8 Å². The molecular weight excluding hydrogens is 309 g/mol. The van der Waals surface area contributed by atoms with Crippen LogP contribution in [0.3, 0.4) is 0 Å². The van der Waals surface area contributed by atoms with Crippen molar-refractivity contribution in [2.24, 2.45) is 11.1 Å². The van der Waals surface area contributed by atoms with Gasteiger partial charge in [-0.15, -0.1) is 12.4 Å². The number of halogens is 2. The van der Waals surface area contributed by atoms with Crippen molar-refractivity contribution in [2.45, 2.75) is 26.7 Å². The molecule has 0 aliphatic rings. The Bertz CT molecular complexity index is 499. The number of amides is 2. The van der Waals surface area contributed by atoms with E-state index < -0.39 is 17.1 Å². The largest absolute Gasteiger partial charge is 0.347 e. The van der Waals surface area contributed by atoms with Crippen LogP contribution in [0.5, 0.6) is 0 Å². The van der Waals surface area contributed by atoms with Crippen molar-refractivity contribution in [2.75, 3.05) is 18.4 Å². The first-order valence-electron chi connectivity index (χ1n) is 7.01. The molecule has 4 N–H and O–H groups in total. The molecule has 2 amide bonds. The number of carbonyl (C=O) groups excluding carboxylic acids is 2. The van der Waals surface area contributed by atoms with Crippen molar-refractivity contribution in [1.82, 2.24) is 5.32 Å². The molecule has 1 aromatic rings. The molecule has 0 aliphatic heterocycles. The van der Waals surface area contributed by atoms with Crippen LogP contribution >= 0.6 is 12.4 Å². The van der Waals surface area contributed by atoms with Crippen LogP contribution in [0, 0.1) is 11.2 Å². The molecule has 1 aromatic carbocycles. The fourth-order valence-corrected chi connectivity index (χ4v) is 2.07. The van der Waals surface area contributed by atoms with E-state index in [1.165, 1.54) is 18.2 Å². The van der Waals surface area contributed by atoms with Crippen molar-refractivity contribution in [3.05, 3.63) is 30.1 Å². The zero-order valence-electron chi connectivity index (χ0n) is 12.8. The van der Waals surface area contributed by atoms with E-state index in [0.29, 0.717) is 18.5 Å². The number of nitrogens with one attached hydrogen (secondary N) is 2. The third-order valence-electron chi connectivity index (χ3n) is 3.74. The van der Waals surface area contributed by atoms with Gasteiger partial charge in [-0.2, -0.15) is 0 Å². The summed E-state index contributed by atoms with van der Waals surface area (Å²) in [5, 5.41) is 5.10. The van der Waals surface area contributed by atoms with Gasteiger partial charge in [-0.3, -0.25) is 9.59 Å². The van der Waals surface area contributed by atoms with E-state index in [1.807, 2.05) is 13.8 Å². The SMILES string of the molecule is CCC(CC)(CN)C(=O)NCC(=O)Nc1cccc(F)c1.Cl. The molecule has 0 radical (unpaired) electrons. The Hall–Kier alpha value is -1.66. The maximum Gasteiger partial charge on any atom is 0.243 e. The first-order valence-corrected chi connectivity index (χ1v) is 7.01. The van der Waals surface area contributed by atoms with Crippen LogP contribution in [0.15, 0.2) is 24.3 Å². The smallest absolute Gasteiger partial charge is 0.243 e. The lowest BCUT2D eigenvalue weighted by Crippen LogP contribution is -2.47. The molecule has 1 rings (SSSR count). The highest BCUT2D eigenvalue weighted by atomic mass is 35.5. The fraction of sp³-hybridized carbons (Fsp3) is 0.467. The van der Waals surface area contributed by atoms with Crippen molar-refractivity contribution in [3.63, 3.8) is 0 Å². The van der Waals surface area contributed by atoms with Crippen LogP contribution in [-0.2, 0) is 9.59 Å². The van der Waals surface area contributed by atoms with Crippen molar-refractivity contribution >= 4 is 29.9 Å². The lowest BCUT2D eigenvalue weighted by atomic mass is 9.81. The monoisotopic (exact) mass is 331 g/mol. The summed E-state index contributed by atoms with van der Waals surface area (Å²) in [5.74, 6) is -1.08. The van der Waals surface area contributed by atoms with E-state index in [2.05, 4.69) is 10.6 Å². The van der Waals surface area contributed by atoms with Crippen molar-refractivity contribution < 1.29 is 14.0 Å². The Morgan fingerprint density at radius 1 is 1.27 bits per heavy atom. The molecule has 0 aliphatic carbocycles. The number of hydrogen-bond acceptors (Lipinski definition) is 3. The molecule has 5 nitrogen and oxygen atoms in total. The Balaban J connectivity index is 0.00000441. The predicted octanol–water partition coefficient (Wildman–Crippen LogP) is 2.07. The molecule has 0 spiro atoms.